The number of nitrogens with one attached hydrogen (secondary N) is 2. The first kappa shape index (κ1) is 14.5. The highest BCUT2D eigenvalue weighted by atomic mass is 16.5. The molecule has 3 N–H and O–H groups in total. The Labute approximate surface area is 135 Å². The Morgan fingerprint density at radius 2 is 2.22 bits per heavy atom. The second-order valence-corrected chi connectivity index (χ2v) is 6.20. The van der Waals surface area contributed by atoms with Crippen LogP contribution >= 0.6 is 0 Å². The van der Waals surface area contributed by atoms with Gasteiger partial charge in [0.15, 0.2) is 0 Å². The number of rotatable bonds is 4. The van der Waals surface area contributed by atoms with Crippen molar-refractivity contribution in [3.63, 3.8) is 0 Å². The van der Waals surface area contributed by atoms with Crippen LogP contribution in [0.4, 0.5) is 17.5 Å². The van der Waals surface area contributed by atoms with Gasteiger partial charge in [0.25, 0.3) is 0 Å². The molecule has 4 rings (SSSR count). The van der Waals surface area contributed by atoms with Crippen molar-refractivity contribution in [2.24, 2.45) is 0 Å². The van der Waals surface area contributed by atoms with Gasteiger partial charge in [0, 0.05) is 23.5 Å². The summed E-state index contributed by atoms with van der Waals surface area (Å²) >= 11 is 0. The third-order valence-electron chi connectivity index (χ3n) is 4.48. The Hall–Kier alpha value is -2.12. The van der Waals surface area contributed by atoms with Crippen LogP contribution in [-0.4, -0.2) is 28.2 Å². The van der Waals surface area contributed by atoms with E-state index >= 15 is 0 Å². The van der Waals surface area contributed by atoms with Crippen molar-refractivity contribution >= 4 is 30.0 Å². The minimum absolute atomic E-state index is 0.426. The normalized spacial score (nSPS) is 16.9. The lowest BCUT2D eigenvalue weighted by Gasteiger charge is -2.27. The molecule has 1 aromatic carbocycles. The zero-order valence-electron chi connectivity index (χ0n) is 13.0. The molecule has 0 unspecified atom stereocenters. The summed E-state index contributed by atoms with van der Waals surface area (Å²) in [6.45, 7) is 2.44. The number of hydrogen-bond donors (Lipinski definition) is 3. The van der Waals surface area contributed by atoms with Crippen molar-refractivity contribution in [3.05, 3.63) is 35.5 Å². The van der Waals surface area contributed by atoms with E-state index in [0.717, 1.165) is 28.1 Å². The Bertz CT molecular complexity index is 736. The maximum Gasteiger partial charge on any atom is 0.491 e. The maximum atomic E-state index is 9.67. The molecule has 7 heteroatoms. The summed E-state index contributed by atoms with van der Waals surface area (Å²) in [4.78, 5) is 8.93. The molecule has 6 nitrogen and oxygen atoms in total. The van der Waals surface area contributed by atoms with Gasteiger partial charge in [0.2, 0.25) is 5.95 Å². The highest BCUT2D eigenvalue weighted by Crippen LogP contribution is 2.25. The molecule has 0 atom stereocenters. The van der Waals surface area contributed by atoms with Crippen LogP contribution in [0.5, 0.6) is 0 Å². The first-order valence-electron chi connectivity index (χ1n) is 7.99. The largest absolute Gasteiger partial charge is 0.491 e. The Morgan fingerprint density at radius 1 is 1.35 bits per heavy atom. The molecule has 1 saturated carbocycles. The van der Waals surface area contributed by atoms with Gasteiger partial charge in [0.1, 0.15) is 5.82 Å². The summed E-state index contributed by atoms with van der Waals surface area (Å²) in [5.74, 6) is 1.46. The predicted octanol–water partition coefficient (Wildman–Crippen LogP) is 1.71. The summed E-state index contributed by atoms with van der Waals surface area (Å²) < 4.78 is 5.21. The lowest BCUT2D eigenvalue weighted by atomic mass is 9.79. The van der Waals surface area contributed by atoms with Gasteiger partial charge in [-0.05, 0) is 49.3 Å². The topological polar surface area (TPSA) is 79.3 Å². The SMILES string of the molecule is Cc1cnc(Nc2ccc3c(c2)COB3O)nc1NC1CCC1. The fourth-order valence-electron chi connectivity index (χ4n) is 2.83. The van der Waals surface area contributed by atoms with Crippen molar-refractivity contribution in [3.8, 4) is 0 Å². The Morgan fingerprint density at radius 3 is 3.00 bits per heavy atom. The Balaban J connectivity index is 1.53. The van der Waals surface area contributed by atoms with Gasteiger partial charge in [0.05, 0.1) is 6.61 Å². The number of nitrogens with zero attached hydrogens (tertiary/aromatic N) is 2. The van der Waals surface area contributed by atoms with E-state index in [1.165, 1.54) is 19.3 Å². The van der Waals surface area contributed by atoms with E-state index < -0.39 is 7.12 Å². The van der Waals surface area contributed by atoms with Gasteiger partial charge < -0.3 is 20.3 Å². The number of benzene rings is 1. The molecule has 0 bridgehead atoms. The van der Waals surface area contributed by atoms with Gasteiger partial charge in [-0.15, -0.1) is 0 Å². The minimum Gasteiger partial charge on any atom is -0.423 e. The molecule has 1 fully saturated rings. The molecular formula is C16H19BN4O2. The fraction of sp³-hybridized carbons (Fsp3) is 0.375. The third-order valence-corrected chi connectivity index (χ3v) is 4.48. The van der Waals surface area contributed by atoms with Crippen LogP contribution in [0.2, 0.25) is 0 Å². The number of fused-ring (bicyclic) bond motifs is 1. The highest BCUT2D eigenvalue weighted by molar-refractivity contribution is 6.61. The zero-order valence-corrected chi connectivity index (χ0v) is 13.0. The average Bonchev–Trinajstić information content (AvgIpc) is 2.87. The summed E-state index contributed by atoms with van der Waals surface area (Å²) in [6.07, 6.45) is 5.53. The molecule has 118 valence electrons. The van der Waals surface area contributed by atoms with Crippen LogP contribution in [-0.2, 0) is 11.3 Å². The zero-order chi connectivity index (χ0) is 15.8. The lowest BCUT2D eigenvalue weighted by molar-refractivity contribution is 0.275. The minimum atomic E-state index is -0.812. The molecule has 0 radical (unpaired) electrons. The molecule has 1 aliphatic heterocycles. The molecule has 0 saturated heterocycles. The van der Waals surface area contributed by atoms with E-state index in [-0.39, 0.29) is 0 Å². The number of aromatic nitrogens is 2. The van der Waals surface area contributed by atoms with Crippen LogP contribution < -0.4 is 16.1 Å². The second-order valence-electron chi connectivity index (χ2n) is 6.20. The van der Waals surface area contributed by atoms with Crippen molar-refractivity contribution in [1.29, 1.82) is 0 Å². The number of aryl methyl sites for hydroxylation is 1. The predicted molar refractivity (Wildman–Crippen MR) is 90.2 cm³/mol. The molecule has 2 aliphatic rings. The van der Waals surface area contributed by atoms with Gasteiger partial charge in [-0.1, -0.05) is 6.07 Å². The van der Waals surface area contributed by atoms with E-state index in [4.69, 9.17) is 4.65 Å². The quantitative estimate of drug-likeness (QED) is 0.746. The van der Waals surface area contributed by atoms with Crippen LogP contribution in [0.1, 0.15) is 30.4 Å². The van der Waals surface area contributed by atoms with Crippen LogP contribution in [0, 0.1) is 6.92 Å². The fourth-order valence-corrected chi connectivity index (χ4v) is 2.83. The molecule has 2 aromatic rings. The van der Waals surface area contributed by atoms with E-state index in [0.29, 0.717) is 18.6 Å². The summed E-state index contributed by atoms with van der Waals surface area (Å²) in [5.41, 5.74) is 3.75. The smallest absolute Gasteiger partial charge is 0.423 e. The maximum absolute atomic E-state index is 9.67. The van der Waals surface area contributed by atoms with Crippen LogP contribution in [0.3, 0.4) is 0 Å². The number of hydrogen-bond acceptors (Lipinski definition) is 6. The molecule has 1 aliphatic carbocycles. The van der Waals surface area contributed by atoms with Crippen LogP contribution in [0.15, 0.2) is 24.4 Å². The summed E-state index contributed by atoms with van der Waals surface area (Å²) in [5, 5.41) is 16.4. The van der Waals surface area contributed by atoms with Gasteiger partial charge >= 0.3 is 7.12 Å². The van der Waals surface area contributed by atoms with Crippen molar-refractivity contribution in [1.82, 2.24) is 9.97 Å². The van der Waals surface area contributed by atoms with Crippen LogP contribution in [0.25, 0.3) is 0 Å². The molecule has 0 amide bonds. The second kappa shape index (κ2) is 5.83. The van der Waals surface area contributed by atoms with Crippen molar-refractivity contribution < 1.29 is 9.68 Å². The van der Waals surface area contributed by atoms with E-state index in [9.17, 15) is 5.02 Å². The van der Waals surface area contributed by atoms with Crippen molar-refractivity contribution in [2.75, 3.05) is 10.6 Å². The lowest BCUT2D eigenvalue weighted by Crippen LogP contribution is -2.28. The first-order chi connectivity index (χ1) is 11.2. The summed E-state index contributed by atoms with van der Waals surface area (Å²) in [6, 6.07) is 6.28. The van der Waals surface area contributed by atoms with Gasteiger partial charge in [-0.25, -0.2) is 4.98 Å². The van der Waals surface area contributed by atoms with Gasteiger partial charge in [-0.2, -0.15) is 4.98 Å². The van der Waals surface area contributed by atoms with Gasteiger partial charge in [-0.3, -0.25) is 0 Å². The Kier molecular flexibility index (Phi) is 3.67. The summed E-state index contributed by atoms with van der Waals surface area (Å²) in [7, 11) is -0.812. The van der Waals surface area contributed by atoms with E-state index in [1.54, 1.807) is 0 Å². The average molecular weight is 310 g/mol. The van der Waals surface area contributed by atoms with E-state index in [1.807, 2.05) is 31.3 Å². The highest BCUT2D eigenvalue weighted by Gasteiger charge is 2.27. The molecular weight excluding hydrogens is 291 g/mol. The molecule has 23 heavy (non-hydrogen) atoms. The van der Waals surface area contributed by atoms with Crippen molar-refractivity contribution in [2.45, 2.75) is 38.8 Å². The molecule has 1 aromatic heterocycles. The number of anilines is 3. The molecule has 2 heterocycles. The third kappa shape index (κ3) is 2.89. The first-order valence-corrected chi connectivity index (χ1v) is 7.99. The standard InChI is InChI=1S/C16H19BN4O2/c1-10-8-18-16(21-15(10)19-12-3-2-4-12)20-13-5-6-14-11(7-13)9-23-17(14)22/h5-8,12,22H,2-4,9H2,1H3,(H2,18,19,20,21). The van der Waals surface area contributed by atoms with E-state index in [2.05, 4.69) is 20.6 Å². The molecule has 0 spiro atoms. The monoisotopic (exact) mass is 310 g/mol.